The molecule has 1 N–H and O–H groups in total. The third kappa shape index (κ3) is 3.73. The van der Waals surface area contributed by atoms with Gasteiger partial charge in [-0.05, 0) is 31.3 Å². The summed E-state index contributed by atoms with van der Waals surface area (Å²) >= 11 is 0. The van der Waals surface area contributed by atoms with Crippen LogP contribution in [0.2, 0.25) is 0 Å². The number of hydrogen-bond acceptors (Lipinski definition) is 4. The standard InChI is InChI=1S/C17H21N3O/c1-20(11-9-14-6-4-5-10-18-14)13-15-12-19-16-7-2-3-8-17(16)21-15/h2-8,10,15,19H,9,11-13H2,1H3. The van der Waals surface area contributed by atoms with Gasteiger partial charge in [0, 0.05) is 31.4 Å². The minimum atomic E-state index is 0.189. The van der Waals surface area contributed by atoms with Gasteiger partial charge in [0.25, 0.3) is 0 Å². The second-order valence-corrected chi connectivity index (χ2v) is 5.45. The molecule has 0 fully saturated rings. The molecule has 0 radical (unpaired) electrons. The first-order chi connectivity index (χ1) is 10.3. The number of hydrogen-bond donors (Lipinski definition) is 1. The van der Waals surface area contributed by atoms with Crippen LogP contribution in [-0.2, 0) is 6.42 Å². The van der Waals surface area contributed by atoms with Crippen LogP contribution in [-0.4, -0.2) is 42.7 Å². The van der Waals surface area contributed by atoms with Gasteiger partial charge in [-0.3, -0.25) is 4.98 Å². The maximum atomic E-state index is 6.03. The number of anilines is 1. The highest BCUT2D eigenvalue weighted by Gasteiger charge is 2.19. The van der Waals surface area contributed by atoms with Crippen LogP contribution in [0.3, 0.4) is 0 Å². The summed E-state index contributed by atoms with van der Waals surface area (Å²) < 4.78 is 6.03. The average molecular weight is 283 g/mol. The van der Waals surface area contributed by atoms with E-state index in [0.717, 1.165) is 43.2 Å². The second-order valence-electron chi connectivity index (χ2n) is 5.45. The van der Waals surface area contributed by atoms with E-state index in [0.29, 0.717) is 0 Å². The largest absolute Gasteiger partial charge is 0.485 e. The fourth-order valence-corrected chi connectivity index (χ4v) is 2.55. The minimum absolute atomic E-state index is 0.189. The van der Waals surface area contributed by atoms with Crippen molar-refractivity contribution in [1.82, 2.24) is 9.88 Å². The Labute approximate surface area is 125 Å². The van der Waals surface area contributed by atoms with E-state index < -0.39 is 0 Å². The first-order valence-corrected chi connectivity index (χ1v) is 7.39. The van der Waals surface area contributed by atoms with Crippen LogP contribution in [0.15, 0.2) is 48.7 Å². The Bertz CT molecular complexity index is 573. The van der Waals surface area contributed by atoms with Gasteiger partial charge in [-0.25, -0.2) is 0 Å². The van der Waals surface area contributed by atoms with Crippen LogP contribution in [0.25, 0.3) is 0 Å². The summed E-state index contributed by atoms with van der Waals surface area (Å²) in [7, 11) is 2.13. The van der Waals surface area contributed by atoms with Crippen molar-refractivity contribution in [2.24, 2.45) is 0 Å². The van der Waals surface area contributed by atoms with Crippen molar-refractivity contribution in [3.8, 4) is 5.75 Å². The van der Waals surface area contributed by atoms with Gasteiger partial charge >= 0.3 is 0 Å². The Kier molecular flexibility index (Phi) is 4.36. The smallest absolute Gasteiger partial charge is 0.142 e. The van der Waals surface area contributed by atoms with Gasteiger partial charge in [0.05, 0.1) is 12.2 Å². The lowest BCUT2D eigenvalue weighted by Gasteiger charge is -2.30. The molecule has 4 nitrogen and oxygen atoms in total. The summed E-state index contributed by atoms with van der Waals surface area (Å²) in [5, 5.41) is 3.43. The zero-order valence-electron chi connectivity index (χ0n) is 12.3. The molecular weight excluding hydrogens is 262 g/mol. The van der Waals surface area contributed by atoms with E-state index in [-0.39, 0.29) is 6.10 Å². The molecule has 2 aromatic rings. The number of rotatable bonds is 5. The number of aromatic nitrogens is 1. The number of para-hydroxylation sites is 2. The van der Waals surface area contributed by atoms with E-state index in [4.69, 9.17) is 4.74 Å². The van der Waals surface area contributed by atoms with Crippen molar-refractivity contribution in [2.75, 3.05) is 32.0 Å². The molecule has 1 aromatic carbocycles. The number of ether oxygens (including phenoxy) is 1. The maximum absolute atomic E-state index is 6.03. The highest BCUT2D eigenvalue weighted by molar-refractivity contribution is 5.57. The molecule has 0 aliphatic carbocycles. The predicted molar refractivity (Wildman–Crippen MR) is 84.8 cm³/mol. The van der Waals surface area contributed by atoms with Gasteiger partial charge in [-0.2, -0.15) is 0 Å². The van der Waals surface area contributed by atoms with Crippen LogP contribution in [0.1, 0.15) is 5.69 Å². The van der Waals surface area contributed by atoms with E-state index in [9.17, 15) is 0 Å². The average Bonchev–Trinajstić information content (AvgIpc) is 2.54. The third-order valence-electron chi connectivity index (χ3n) is 3.69. The minimum Gasteiger partial charge on any atom is -0.485 e. The monoisotopic (exact) mass is 283 g/mol. The van der Waals surface area contributed by atoms with Crippen molar-refractivity contribution < 1.29 is 4.74 Å². The molecule has 0 amide bonds. The number of benzene rings is 1. The van der Waals surface area contributed by atoms with Crippen molar-refractivity contribution in [1.29, 1.82) is 0 Å². The Morgan fingerprint density at radius 2 is 2.10 bits per heavy atom. The zero-order valence-corrected chi connectivity index (χ0v) is 12.3. The predicted octanol–water partition coefficient (Wildman–Crippen LogP) is 2.43. The molecule has 1 aliphatic rings. The van der Waals surface area contributed by atoms with Gasteiger partial charge < -0.3 is 15.0 Å². The molecule has 1 unspecified atom stereocenters. The second kappa shape index (κ2) is 6.59. The molecule has 21 heavy (non-hydrogen) atoms. The SMILES string of the molecule is CN(CCc1ccccn1)CC1CNc2ccccc2O1. The van der Waals surface area contributed by atoms with Crippen molar-refractivity contribution in [3.63, 3.8) is 0 Å². The Morgan fingerprint density at radius 1 is 1.24 bits per heavy atom. The summed E-state index contributed by atoms with van der Waals surface area (Å²) in [4.78, 5) is 6.66. The van der Waals surface area contributed by atoms with Gasteiger partial charge in [-0.1, -0.05) is 18.2 Å². The molecule has 2 heterocycles. The number of fused-ring (bicyclic) bond motifs is 1. The molecule has 3 rings (SSSR count). The molecule has 0 bridgehead atoms. The van der Waals surface area contributed by atoms with Gasteiger partial charge in [0.2, 0.25) is 0 Å². The number of nitrogens with one attached hydrogen (secondary N) is 1. The zero-order chi connectivity index (χ0) is 14.5. The van der Waals surface area contributed by atoms with Crippen LogP contribution < -0.4 is 10.1 Å². The van der Waals surface area contributed by atoms with Crippen LogP contribution >= 0.6 is 0 Å². The van der Waals surface area contributed by atoms with E-state index in [1.54, 1.807) is 0 Å². The Hall–Kier alpha value is -2.07. The van der Waals surface area contributed by atoms with E-state index in [2.05, 4.69) is 34.4 Å². The van der Waals surface area contributed by atoms with E-state index >= 15 is 0 Å². The van der Waals surface area contributed by atoms with Crippen molar-refractivity contribution in [2.45, 2.75) is 12.5 Å². The quantitative estimate of drug-likeness (QED) is 0.914. The normalized spacial score (nSPS) is 17.0. The molecule has 0 saturated heterocycles. The molecule has 0 saturated carbocycles. The van der Waals surface area contributed by atoms with Crippen LogP contribution in [0.5, 0.6) is 5.75 Å². The van der Waals surface area contributed by atoms with Crippen molar-refractivity contribution in [3.05, 3.63) is 54.4 Å². The summed E-state index contributed by atoms with van der Waals surface area (Å²) in [5.41, 5.74) is 2.22. The number of nitrogens with zero attached hydrogens (tertiary/aromatic N) is 2. The Balaban J connectivity index is 1.49. The first-order valence-electron chi connectivity index (χ1n) is 7.39. The highest BCUT2D eigenvalue weighted by atomic mass is 16.5. The maximum Gasteiger partial charge on any atom is 0.142 e. The summed E-state index contributed by atoms with van der Waals surface area (Å²) in [6, 6.07) is 14.2. The molecule has 0 spiro atoms. The van der Waals surface area contributed by atoms with Crippen LogP contribution in [0.4, 0.5) is 5.69 Å². The van der Waals surface area contributed by atoms with Crippen molar-refractivity contribution >= 4 is 5.69 Å². The summed E-state index contributed by atoms with van der Waals surface area (Å²) in [6.07, 6.45) is 3.00. The number of likely N-dealkylation sites (N-methyl/N-ethyl adjacent to an activating group) is 1. The van der Waals surface area contributed by atoms with E-state index in [1.165, 1.54) is 0 Å². The highest BCUT2D eigenvalue weighted by Crippen LogP contribution is 2.28. The molecule has 1 aromatic heterocycles. The fraction of sp³-hybridized carbons (Fsp3) is 0.353. The first kappa shape index (κ1) is 13.9. The Morgan fingerprint density at radius 3 is 2.95 bits per heavy atom. The topological polar surface area (TPSA) is 37.4 Å². The van der Waals surface area contributed by atoms with Gasteiger partial charge in [0.1, 0.15) is 11.9 Å². The molecular formula is C17H21N3O. The molecule has 110 valence electrons. The van der Waals surface area contributed by atoms with Crippen LogP contribution in [0, 0.1) is 0 Å². The lowest BCUT2D eigenvalue weighted by molar-refractivity contribution is 0.152. The lowest BCUT2D eigenvalue weighted by Crippen LogP contribution is -2.40. The fourth-order valence-electron chi connectivity index (χ4n) is 2.55. The summed E-state index contributed by atoms with van der Waals surface area (Å²) in [5.74, 6) is 0.951. The summed E-state index contributed by atoms with van der Waals surface area (Å²) in [6.45, 7) is 2.75. The molecule has 1 atom stereocenters. The van der Waals surface area contributed by atoms with E-state index in [1.807, 2.05) is 36.5 Å². The molecule has 4 heteroatoms. The lowest BCUT2D eigenvalue weighted by atomic mass is 10.2. The van der Waals surface area contributed by atoms with Gasteiger partial charge in [-0.15, -0.1) is 0 Å². The third-order valence-corrected chi connectivity index (χ3v) is 3.69. The van der Waals surface area contributed by atoms with Gasteiger partial charge in [0.15, 0.2) is 0 Å². The molecule has 1 aliphatic heterocycles. The number of pyridine rings is 1.